The summed E-state index contributed by atoms with van der Waals surface area (Å²) in [7, 11) is 1.31. The number of rotatable bonds is 4. The lowest BCUT2D eigenvalue weighted by Gasteiger charge is -2.24. The smallest absolute Gasteiger partial charge is 0.340 e. The molecule has 2 rings (SSSR count). The maximum atomic E-state index is 13.0. The minimum absolute atomic E-state index is 0.289. The van der Waals surface area contributed by atoms with Crippen molar-refractivity contribution in [3.8, 4) is 0 Å². The summed E-state index contributed by atoms with van der Waals surface area (Å²) in [5.41, 5.74) is 8.10. The van der Waals surface area contributed by atoms with Gasteiger partial charge in [0.15, 0.2) is 0 Å². The summed E-state index contributed by atoms with van der Waals surface area (Å²) in [5, 5.41) is 0. The first-order chi connectivity index (χ1) is 10.1. The van der Waals surface area contributed by atoms with Crippen molar-refractivity contribution in [3.05, 3.63) is 53.8 Å². The molecule has 5 heteroatoms. The van der Waals surface area contributed by atoms with E-state index in [2.05, 4.69) is 0 Å². The van der Waals surface area contributed by atoms with E-state index in [1.165, 1.54) is 19.2 Å². The maximum Gasteiger partial charge on any atom is 0.340 e. The standard InChI is InChI=1S/C16H17FN2O2/c1-3-19(12-6-4-11(17)5-7-12)13-8-9-15(18)14(10-13)16(20)21-2/h4-10H,3,18H2,1-2H3. The fourth-order valence-electron chi connectivity index (χ4n) is 2.13. The van der Waals surface area contributed by atoms with Gasteiger partial charge in [-0.05, 0) is 49.4 Å². The van der Waals surface area contributed by atoms with Gasteiger partial charge in [0.25, 0.3) is 0 Å². The Labute approximate surface area is 122 Å². The summed E-state index contributed by atoms with van der Waals surface area (Å²) in [6.07, 6.45) is 0. The minimum Gasteiger partial charge on any atom is -0.465 e. The van der Waals surface area contributed by atoms with E-state index in [0.29, 0.717) is 17.8 Å². The van der Waals surface area contributed by atoms with E-state index < -0.39 is 5.97 Å². The third-order valence-corrected chi connectivity index (χ3v) is 3.21. The first kappa shape index (κ1) is 14.8. The Morgan fingerprint density at radius 1 is 1.19 bits per heavy atom. The number of halogens is 1. The van der Waals surface area contributed by atoms with Gasteiger partial charge in [0.1, 0.15) is 5.82 Å². The van der Waals surface area contributed by atoms with E-state index in [0.717, 1.165) is 11.4 Å². The number of esters is 1. The van der Waals surface area contributed by atoms with Crippen LogP contribution in [0, 0.1) is 5.82 Å². The van der Waals surface area contributed by atoms with E-state index in [1.807, 2.05) is 17.9 Å². The molecule has 110 valence electrons. The van der Waals surface area contributed by atoms with Gasteiger partial charge in [-0.2, -0.15) is 0 Å². The van der Waals surface area contributed by atoms with Gasteiger partial charge in [0, 0.05) is 23.6 Å². The van der Waals surface area contributed by atoms with Crippen molar-refractivity contribution in [3.63, 3.8) is 0 Å². The monoisotopic (exact) mass is 288 g/mol. The second-order valence-corrected chi connectivity index (χ2v) is 4.48. The highest BCUT2D eigenvalue weighted by molar-refractivity contribution is 5.96. The summed E-state index contributed by atoms with van der Waals surface area (Å²) < 4.78 is 17.7. The molecule has 0 aliphatic rings. The molecule has 0 fully saturated rings. The van der Waals surface area contributed by atoms with E-state index in [9.17, 15) is 9.18 Å². The number of methoxy groups -OCH3 is 1. The SMILES string of the molecule is CCN(c1ccc(F)cc1)c1ccc(N)c(C(=O)OC)c1. The number of carbonyl (C=O) groups excluding carboxylic acids is 1. The molecule has 2 aromatic rings. The van der Waals surface area contributed by atoms with Crippen LogP contribution in [0.4, 0.5) is 21.5 Å². The lowest BCUT2D eigenvalue weighted by molar-refractivity contribution is 0.0602. The molecule has 0 heterocycles. The molecule has 2 aromatic carbocycles. The largest absolute Gasteiger partial charge is 0.465 e. The Bertz CT molecular complexity index is 641. The average molecular weight is 288 g/mol. The Hall–Kier alpha value is -2.56. The molecular weight excluding hydrogens is 271 g/mol. The van der Waals surface area contributed by atoms with Crippen molar-refractivity contribution >= 4 is 23.0 Å². The molecule has 0 saturated carbocycles. The van der Waals surface area contributed by atoms with Gasteiger partial charge >= 0.3 is 5.97 Å². The summed E-state index contributed by atoms with van der Waals surface area (Å²) >= 11 is 0. The Morgan fingerprint density at radius 3 is 2.38 bits per heavy atom. The molecule has 0 atom stereocenters. The van der Waals surface area contributed by atoms with Crippen molar-refractivity contribution in [2.75, 3.05) is 24.3 Å². The fourth-order valence-corrected chi connectivity index (χ4v) is 2.13. The zero-order valence-electron chi connectivity index (χ0n) is 12.0. The Balaban J connectivity index is 2.43. The molecule has 0 aromatic heterocycles. The predicted molar refractivity (Wildman–Crippen MR) is 81.3 cm³/mol. The molecule has 0 aliphatic heterocycles. The number of hydrogen-bond acceptors (Lipinski definition) is 4. The number of nitrogens with zero attached hydrogens (tertiary/aromatic N) is 1. The lowest BCUT2D eigenvalue weighted by Crippen LogP contribution is -2.17. The number of anilines is 3. The third kappa shape index (κ3) is 3.13. The molecule has 0 spiro atoms. The van der Waals surface area contributed by atoms with Gasteiger partial charge in [-0.3, -0.25) is 0 Å². The van der Waals surface area contributed by atoms with Crippen molar-refractivity contribution in [2.24, 2.45) is 0 Å². The molecule has 0 radical (unpaired) electrons. The normalized spacial score (nSPS) is 10.2. The van der Waals surface area contributed by atoms with Gasteiger partial charge in [0.05, 0.1) is 12.7 Å². The van der Waals surface area contributed by atoms with E-state index in [-0.39, 0.29) is 5.82 Å². The van der Waals surface area contributed by atoms with E-state index >= 15 is 0 Å². The highest BCUT2D eigenvalue weighted by Gasteiger charge is 2.14. The molecule has 0 saturated heterocycles. The Kier molecular flexibility index (Phi) is 4.42. The van der Waals surface area contributed by atoms with Crippen LogP contribution in [0.3, 0.4) is 0 Å². The van der Waals surface area contributed by atoms with Crippen LogP contribution in [0.2, 0.25) is 0 Å². The predicted octanol–water partition coefficient (Wildman–Crippen LogP) is 3.35. The number of hydrogen-bond donors (Lipinski definition) is 1. The van der Waals surface area contributed by atoms with Crippen LogP contribution in [-0.4, -0.2) is 19.6 Å². The van der Waals surface area contributed by atoms with Gasteiger partial charge in [-0.15, -0.1) is 0 Å². The van der Waals surface area contributed by atoms with Gasteiger partial charge in [-0.1, -0.05) is 0 Å². The Morgan fingerprint density at radius 2 is 1.81 bits per heavy atom. The van der Waals surface area contributed by atoms with Crippen LogP contribution < -0.4 is 10.6 Å². The number of nitrogens with two attached hydrogens (primary N) is 1. The fraction of sp³-hybridized carbons (Fsp3) is 0.188. The van der Waals surface area contributed by atoms with Crippen LogP contribution in [0.15, 0.2) is 42.5 Å². The molecule has 0 amide bonds. The first-order valence-corrected chi connectivity index (χ1v) is 6.57. The highest BCUT2D eigenvalue weighted by Crippen LogP contribution is 2.28. The number of nitrogen functional groups attached to an aromatic ring is 1. The second-order valence-electron chi connectivity index (χ2n) is 4.48. The number of benzene rings is 2. The van der Waals surface area contributed by atoms with Crippen molar-refractivity contribution in [1.29, 1.82) is 0 Å². The van der Waals surface area contributed by atoms with Gasteiger partial charge in [-0.25, -0.2) is 9.18 Å². The molecule has 2 N–H and O–H groups in total. The average Bonchev–Trinajstić information content (AvgIpc) is 2.50. The topological polar surface area (TPSA) is 55.6 Å². The van der Waals surface area contributed by atoms with E-state index in [1.54, 1.807) is 24.3 Å². The van der Waals surface area contributed by atoms with Crippen LogP contribution >= 0.6 is 0 Å². The first-order valence-electron chi connectivity index (χ1n) is 6.57. The van der Waals surface area contributed by atoms with E-state index in [4.69, 9.17) is 10.5 Å². The molecule has 0 unspecified atom stereocenters. The zero-order valence-corrected chi connectivity index (χ0v) is 12.0. The van der Waals surface area contributed by atoms with Gasteiger partial charge < -0.3 is 15.4 Å². The molecule has 21 heavy (non-hydrogen) atoms. The van der Waals surface area contributed by atoms with Crippen LogP contribution in [-0.2, 0) is 4.74 Å². The van der Waals surface area contributed by atoms with Crippen molar-refractivity contribution in [1.82, 2.24) is 0 Å². The zero-order chi connectivity index (χ0) is 15.4. The maximum absolute atomic E-state index is 13.0. The second kappa shape index (κ2) is 6.26. The molecule has 0 aliphatic carbocycles. The number of ether oxygens (including phenoxy) is 1. The molecule has 4 nitrogen and oxygen atoms in total. The van der Waals surface area contributed by atoms with Crippen molar-refractivity contribution < 1.29 is 13.9 Å². The van der Waals surface area contributed by atoms with Crippen LogP contribution in [0.25, 0.3) is 0 Å². The highest BCUT2D eigenvalue weighted by atomic mass is 19.1. The minimum atomic E-state index is -0.482. The quantitative estimate of drug-likeness (QED) is 0.692. The van der Waals surface area contributed by atoms with Crippen LogP contribution in [0.1, 0.15) is 17.3 Å². The van der Waals surface area contributed by atoms with Crippen LogP contribution in [0.5, 0.6) is 0 Å². The third-order valence-electron chi connectivity index (χ3n) is 3.21. The lowest BCUT2D eigenvalue weighted by atomic mass is 10.1. The van der Waals surface area contributed by atoms with Gasteiger partial charge in [0.2, 0.25) is 0 Å². The van der Waals surface area contributed by atoms with Crippen molar-refractivity contribution in [2.45, 2.75) is 6.92 Å². The summed E-state index contributed by atoms with van der Waals surface area (Å²) in [5.74, 6) is -0.771. The number of carbonyl (C=O) groups is 1. The molecule has 0 bridgehead atoms. The summed E-state index contributed by atoms with van der Waals surface area (Å²) in [6.45, 7) is 2.63. The molecular formula is C16H17FN2O2. The summed E-state index contributed by atoms with van der Waals surface area (Å²) in [4.78, 5) is 13.7. The summed E-state index contributed by atoms with van der Waals surface area (Å²) in [6, 6.07) is 11.3.